The third-order valence-corrected chi connectivity index (χ3v) is 5.31. The van der Waals surface area contributed by atoms with E-state index in [0.717, 1.165) is 5.06 Å². The number of hydrogen-bond donors (Lipinski definition) is 0. The third kappa shape index (κ3) is 1.22. The van der Waals surface area contributed by atoms with E-state index in [2.05, 4.69) is 31.4 Å². The number of hydrogen-bond acceptors (Lipinski definition) is 3. The first-order chi connectivity index (χ1) is 7.72. The van der Waals surface area contributed by atoms with Crippen LogP contribution in [0.4, 0.5) is 0 Å². The van der Waals surface area contributed by atoms with E-state index >= 15 is 0 Å². The Bertz CT molecular complexity index is 622. The van der Waals surface area contributed by atoms with E-state index in [1.807, 2.05) is 11.3 Å². The van der Waals surface area contributed by atoms with Gasteiger partial charge in [-0.15, -0.1) is 11.3 Å². The Labute approximate surface area is 102 Å². The summed E-state index contributed by atoms with van der Waals surface area (Å²) in [5, 5.41) is 5.90. The normalized spacial score (nSPS) is 11.4. The zero-order valence-corrected chi connectivity index (χ0v) is 11.1. The number of rotatable bonds is 1. The van der Waals surface area contributed by atoms with Gasteiger partial charge in [-0.1, -0.05) is 11.3 Å². The van der Waals surface area contributed by atoms with Gasteiger partial charge in [0.15, 0.2) is 5.06 Å². The number of methoxy groups -OCH3 is 1. The van der Waals surface area contributed by atoms with Crippen LogP contribution >= 0.6 is 22.7 Å². The van der Waals surface area contributed by atoms with Crippen LogP contribution in [0, 0.1) is 13.8 Å². The van der Waals surface area contributed by atoms with Gasteiger partial charge in [0.05, 0.1) is 7.11 Å². The van der Waals surface area contributed by atoms with Gasteiger partial charge in [0.25, 0.3) is 0 Å². The molecule has 3 aromatic rings. The van der Waals surface area contributed by atoms with Crippen molar-refractivity contribution in [2.45, 2.75) is 13.8 Å². The average molecular weight is 248 g/mol. The van der Waals surface area contributed by atoms with Gasteiger partial charge in [0.1, 0.15) is 0 Å². The maximum atomic E-state index is 5.33. The average Bonchev–Trinajstić information content (AvgIpc) is 2.92. The Kier molecular flexibility index (Phi) is 2.19. The molecule has 0 aliphatic carbocycles. The van der Waals surface area contributed by atoms with Crippen molar-refractivity contribution < 1.29 is 4.74 Å². The first-order valence-corrected chi connectivity index (χ1v) is 6.86. The van der Waals surface area contributed by atoms with E-state index in [4.69, 9.17) is 4.74 Å². The molecule has 0 atom stereocenters. The second-order valence-electron chi connectivity index (χ2n) is 3.93. The molecule has 1 nitrogen and oxygen atoms in total. The Morgan fingerprint density at radius 1 is 1.06 bits per heavy atom. The summed E-state index contributed by atoms with van der Waals surface area (Å²) in [7, 11) is 1.73. The van der Waals surface area contributed by atoms with Crippen molar-refractivity contribution in [3.05, 3.63) is 28.6 Å². The van der Waals surface area contributed by atoms with Crippen molar-refractivity contribution in [3.8, 4) is 5.06 Å². The van der Waals surface area contributed by atoms with E-state index in [1.54, 1.807) is 18.4 Å². The first-order valence-electron chi connectivity index (χ1n) is 5.16. The Morgan fingerprint density at radius 3 is 2.56 bits per heavy atom. The zero-order chi connectivity index (χ0) is 11.3. The molecule has 0 unspecified atom stereocenters. The highest BCUT2D eigenvalue weighted by Crippen LogP contribution is 2.41. The minimum absolute atomic E-state index is 0.999. The number of ether oxygens (including phenoxy) is 1. The van der Waals surface area contributed by atoms with Gasteiger partial charge in [-0.25, -0.2) is 0 Å². The predicted octanol–water partition coefficient (Wildman–Crippen LogP) is 4.74. The summed E-state index contributed by atoms with van der Waals surface area (Å²) in [6, 6.07) is 4.37. The van der Waals surface area contributed by atoms with Crippen LogP contribution in [0.5, 0.6) is 5.06 Å². The summed E-state index contributed by atoms with van der Waals surface area (Å²) in [6.07, 6.45) is 0. The van der Waals surface area contributed by atoms with Crippen molar-refractivity contribution in [3.63, 3.8) is 0 Å². The fourth-order valence-electron chi connectivity index (χ4n) is 2.17. The molecule has 0 N–H and O–H groups in total. The van der Waals surface area contributed by atoms with E-state index in [-0.39, 0.29) is 0 Å². The summed E-state index contributed by atoms with van der Waals surface area (Å²) < 4.78 is 8.10. The van der Waals surface area contributed by atoms with E-state index in [1.165, 1.54) is 31.3 Å². The summed E-state index contributed by atoms with van der Waals surface area (Å²) in [6.45, 7) is 4.40. The minimum Gasteiger partial charge on any atom is -0.487 e. The fourth-order valence-corrected chi connectivity index (χ4v) is 4.19. The molecule has 0 aliphatic heterocycles. The van der Waals surface area contributed by atoms with Crippen LogP contribution in [0.15, 0.2) is 17.5 Å². The van der Waals surface area contributed by atoms with Crippen LogP contribution in [-0.4, -0.2) is 7.11 Å². The smallest absolute Gasteiger partial charge is 0.174 e. The molecule has 2 aromatic heterocycles. The van der Waals surface area contributed by atoms with E-state index < -0.39 is 0 Å². The molecular weight excluding hydrogens is 236 g/mol. The van der Waals surface area contributed by atoms with Crippen molar-refractivity contribution in [2.24, 2.45) is 0 Å². The van der Waals surface area contributed by atoms with Crippen molar-refractivity contribution in [1.82, 2.24) is 0 Å². The quantitative estimate of drug-likeness (QED) is 0.604. The van der Waals surface area contributed by atoms with Crippen LogP contribution in [0.3, 0.4) is 0 Å². The van der Waals surface area contributed by atoms with Crippen molar-refractivity contribution in [1.29, 1.82) is 0 Å². The minimum atomic E-state index is 0.999. The maximum absolute atomic E-state index is 5.33. The Balaban J connectivity index is 2.55. The number of aryl methyl sites for hydroxylation is 2. The molecule has 3 rings (SSSR count). The molecule has 0 spiro atoms. The number of thiophene rings is 2. The molecule has 0 amide bonds. The highest BCUT2D eigenvalue weighted by molar-refractivity contribution is 7.21. The van der Waals surface area contributed by atoms with Gasteiger partial charge in [-0.05, 0) is 47.9 Å². The van der Waals surface area contributed by atoms with Gasteiger partial charge in [-0.3, -0.25) is 0 Å². The lowest BCUT2D eigenvalue weighted by molar-refractivity contribution is 0.427. The lowest BCUT2D eigenvalue weighted by Crippen LogP contribution is -1.79. The zero-order valence-electron chi connectivity index (χ0n) is 9.46. The Morgan fingerprint density at radius 2 is 1.81 bits per heavy atom. The first kappa shape index (κ1) is 10.1. The second-order valence-corrected chi connectivity index (χ2v) is 5.86. The molecule has 0 fully saturated rings. The van der Waals surface area contributed by atoms with Crippen molar-refractivity contribution in [2.75, 3.05) is 7.11 Å². The van der Waals surface area contributed by atoms with Crippen LogP contribution < -0.4 is 4.74 Å². The fraction of sp³-hybridized carbons (Fsp3) is 0.231. The summed E-state index contributed by atoms with van der Waals surface area (Å²) in [5.74, 6) is 0. The van der Waals surface area contributed by atoms with Crippen molar-refractivity contribution >= 4 is 42.8 Å². The number of benzene rings is 1. The van der Waals surface area contributed by atoms with Gasteiger partial charge >= 0.3 is 0 Å². The molecule has 0 aliphatic rings. The molecule has 0 bridgehead atoms. The Hall–Kier alpha value is -1.06. The molecule has 82 valence electrons. The monoisotopic (exact) mass is 248 g/mol. The predicted molar refractivity (Wildman–Crippen MR) is 73.2 cm³/mol. The molecular formula is C13H12OS2. The van der Waals surface area contributed by atoms with Gasteiger partial charge in [0.2, 0.25) is 0 Å². The molecule has 3 heteroatoms. The largest absolute Gasteiger partial charge is 0.487 e. The van der Waals surface area contributed by atoms with Gasteiger partial charge in [0, 0.05) is 14.8 Å². The molecule has 1 aromatic carbocycles. The molecule has 0 saturated heterocycles. The standard InChI is InChI=1S/C13H12OS2/c1-7-9-4-5-15-12(9)8(2)10-6-11(14-3)16-13(7)10/h4-6H,1-3H3. The lowest BCUT2D eigenvalue weighted by Gasteiger charge is -2.03. The van der Waals surface area contributed by atoms with Crippen LogP contribution in [0.25, 0.3) is 20.2 Å². The van der Waals surface area contributed by atoms with E-state index in [9.17, 15) is 0 Å². The second kappa shape index (κ2) is 3.47. The topological polar surface area (TPSA) is 9.23 Å². The summed E-state index contributed by atoms with van der Waals surface area (Å²) in [4.78, 5) is 0. The highest BCUT2D eigenvalue weighted by Gasteiger charge is 2.12. The lowest BCUT2D eigenvalue weighted by atomic mass is 10.0. The maximum Gasteiger partial charge on any atom is 0.174 e. The van der Waals surface area contributed by atoms with E-state index in [0.29, 0.717) is 0 Å². The molecule has 2 heterocycles. The van der Waals surface area contributed by atoms with Gasteiger partial charge < -0.3 is 4.74 Å². The van der Waals surface area contributed by atoms with Crippen LogP contribution in [-0.2, 0) is 0 Å². The van der Waals surface area contributed by atoms with Crippen LogP contribution in [0.1, 0.15) is 11.1 Å². The summed E-state index contributed by atoms with van der Waals surface area (Å²) in [5.41, 5.74) is 2.76. The molecule has 0 radical (unpaired) electrons. The SMILES string of the molecule is COc1cc2c(C)c3sccc3c(C)c2s1. The van der Waals surface area contributed by atoms with Crippen LogP contribution in [0.2, 0.25) is 0 Å². The highest BCUT2D eigenvalue weighted by atomic mass is 32.1. The molecule has 16 heavy (non-hydrogen) atoms. The summed E-state index contributed by atoms with van der Waals surface area (Å²) >= 11 is 3.56. The third-order valence-electron chi connectivity index (χ3n) is 3.07. The number of fused-ring (bicyclic) bond motifs is 2. The van der Waals surface area contributed by atoms with Gasteiger partial charge in [-0.2, -0.15) is 0 Å². The molecule has 0 saturated carbocycles.